The monoisotopic (exact) mass is 288 g/mol. The number of halogens is 1. The molecule has 2 aromatic rings. The highest BCUT2D eigenvalue weighted by molar-refractivity contribution is 5.88. The Morgan fingerprint density at radius 2 is 2.00 bits per heavy atom. The van der Waals surface area contributed by atoms with E-state index in [1.54, 1.807) is 19.9 Å². The predicted octanol–water partition coefficient (Wildman–Crippen LogP) is 3.71. The summed E-state index contributed by atoms with van der Waals surface area (Å²) in [5.74, 6) is -0.803. The van der Waals surface area contributed by atoms with Crippen LogP contribution in [0.2, 0.25) is 0 Å². The third kappa shape index (κ3) is 3.56. The Labute approximate surface area is 122 Å². The molecule has 4 nitrogen and oxygen atoms in total. The number of anilines is 1. The molecule has 1 heterocycles. The number of benzene rings is 1. The molecular formula is C16H17FN2O2. The molecule has 2 rings (SSSR count). The molecule has 1 aromatic heterocycles. The summed E-state index contributed by atoms with van der Waals surface area (Å²) in [5, 5.41) is 12.1. The van der Waals surface area contributed by atoms with E-state index in [1.807, 2.05) is 13.0 Å². The average molecular weight is 288 g/mol. The van der Waals surface area contributed by atoms with Gasteiger partial charge < -0.3 is 10.4 Å². The number of aromatic carboxylic acids is 1. The number of nitrogens with one attached hydrogen (secondary N) is 1. The van der Waals surface area contributed by atoms with Gasteiger partial charge in [-0.25, -0.2) is 14.2 Å². The van der Waals surface area contributed by atoms with Crippen LogP contribution in [0.25, 0.3) is 0 Å². The first kappa shape index (κ1) is 15.0. The Balaban J connectivity index is 2.24. The maximum atomic E-state index is 13.6. The van der Waals surface area contributed by atoms with Gasteiger partial charge in [0.25, 0.3) is 0 Å². The molecule has 0 fully saturated rings. The Bertz CT molecular complexity index is 686. The fourth-order valence-electron chi connectivity index (χ4n) is 2.05. The summed E-state index contributed by atoms with van der Waals surface area (Å²) in [7, 11) is 0. The summed E-state index contributed by atoms with van der Waals surface area (Å²) in [6.45, 7) is 5.31. The fourth-order valence-corrected chi connectivity index (χ4v) is 2.05. The molecule has 5 heteroatoms. The number of carbonyl (C=O) groups is 1. The van der Waals surface area contributed by atoms with E-state index in [2.05, 4.69) is 10.3 Å². The van der Waals surface area contributed by atoms with Crippen molar-refractivity contribution in [3.05, 3.63) is 58.5 Å². The van der Waals surface area contributed by atoms with Crippen LogP contribution in [0.4, 0.5) is 10.2 Å². The van der Waals surface area contributed by atoms with Gasteiger partial charge in [-0.2, -0.15) is 0 Å². The van der Waals surface area contributed by atoms with Crippen molar-refractivity contribution < 1.29 is 14.3 Å². The van der Waals surface area contributed by atoms with Crippen molar-refractivity contribution in [3.8, 4) is 0 Å². The molecule has 21 heavy (non-hydrogen) atoms. The Hall–Kier alpha value is -2.43. The summed E-state index contributed by atoms with van der Waals surface area (Å²) in [6.07, 6.45) is 0. The van der Waals surface area contributed by atoms with E-state index in [9.17, 15) is 9.18 Å². The highest BCUT2D eigenvalue weighted by Gasteiger charge is 2.11. The molecule has 0 bridgehead atoms. The van der Waals surface area contributed by atoms with Crippen molar-refractivity contribution in [2.45, 2.75) is 26.8 Å². The lowest BCUT2D eigenvalue weighted by atomic mass is 10.1. The number of carboxylic acid groups (broad SMARTS) is 1. The Morgan fingerprint density at radius 1 is 1.29 bits per heavy atom. The van der Waals surface area contributed by atoms with E-state index in [0.29, 0.717) is 17.1 Å². The molecule has 0 amide bonds. The molecule has 2 N–H and O–H groups in total. The normalized spacial score (nSPS) is 12.0. The van der Waals surface area contributed by atoms with Gasteiger partial charge in [-0.1, -0.05) is 12.1 Å². The van der Waals surface area contributed by atoms with Crippen LogP contribution < -0.4 is 5.32 Å². The SMILES string of the molecule is Cc1cc(C(=O)O)cc(NC(C)c2ccc(C)c(F)c2)n1. The third-order valence-electron chi connectivity index (χ3n) is 3.26. The lowest BCUT2D eigenvalue weighted by Gasteiger charge is -2.16. The second-order valence-electron chi connectivity index (χ2n) is 5.06. The standard InChI is InChI=1S/C16H17FN2O2/c1-9-4-5-12(7-14(9)17)11(3)19-15-8-13(16(20)21)6-10(2)18-15/h4-8,11H,1-3H3,(H,18,19)(H,20,21). The maximum Gasteiger partial charge on any atom is 0.335 e. The molecule has 0 aliphatic rings. The summed E-state index contributed by atoms with van der Waals surface area (Å²) >= 11 is 0. The van der Waals surface area contributed by atoms with Crippen LogP contribution in [-0.2, 0) is 0 Å². The largest absolute Gasteiger partial charge is 0.478 e. The van der Waals surface area contributed by atoms with E-state index in [1.165, 1.54) is 18.2 Å². The van der Waals surface area contributed by atoms with Gasteiger partial charge in [0.1, 0.15) is 11.6 Å². The van der Waals surface area contributed by atoms with Gasteiger partial charge in [-0.3, -0.25) is 0 Å². The highest BCUT2D eigenvalue weighted by Crippen LogP contribution is 2.21. The van der Waals surface area contributed by atoms with E-state index in [-0.39, 0.29) is 17.4 Å². The first-order valence-corrected chi connectivity index (χ1v) is 6.61. The molecule has 0 radical (unpaired) electrons. The molecule has 110 valence electrons. The highest BCUT2D eigenvalue weighted by atomic mass is 19.1. The van der Waals surface area contributed by atoms with Crippen molar-refractivity contribution in [3.63, 3.8) is 0 Å². The third-order valence-corrected chi connectivity index (χ3v) is 3.26. The average Bonchev–Trinajstić information content (AvgIpc) is 2.41. The van der Waals surface area contributed by atoms with Gasteiger partial charge in [0.05, 0.1) is 11.6 Å². The molecular weight excluding hydrogens is 271 g/mol. The molecule has 0 aliphatic carbocycles. The van der Waals surface area contributed by atoms with Crippen LogP contribution in [0.3, 0.4) is 0 Å². The van der Waals surface area contributed by atoms with Gasteiger partial charge in [0, 0.05) is 5.69 Å². The number of rotatable bonds is 4. The number of carboxylic acids is 1. The number of pyridine rings is 1. The topological polar surface area (TPSA) is 62.2 Å². The van der Waals surface area contributed by atoms with Gasteiger partial charge in [-0.15, -0.1) is 0 Å². The minimum atomic E-state index is -1.00. The van der Waals surface area contributed by atoms with Gasteiger partial charge >= 0.3 is 5.97 Å². The zero-order chi connectivity index (χ0) is 15.6. The van der Waals surface area contributed by atoms with Gasteiger partial charge in [0.15, 0.2) is 0 Å². The van der Waals surface area contributed by atoms with E-state index in [0.717, 1.165) is 5.56 Å². The first-order valence-electron chi connectivity index (χ1n) is 6.61. The van der Waals surface area contributed by atoms with Crippen molar-refractivity contribution in [2.75, 3.05) is 5.32 Å². The van der Waals surface area contributed by atoms with Crippen LogP contribution in [0.15, 0.2) is 30.3 Å². The molecule has 1 unspecified atom stereocenters. The number of hydrogen-bond acceptors (Lipinski definition) is 3. The molecule has 0 saturated heterocycles. The van der Waals surface area contributed by atoms with Crippen molar-refractivity contribution in [2.24, 2.45) is 0 Å². The Morgan fingerprint density at radius 3 is 2.62 bits per heavy atom. The lowest BCUT2D eigenvalue weighted by molar-refractivity contribution is 0.0696. The second-order valence-corrected chi connectivity index (χ2v) is 5.06. The van der Waals surface area contributed by atoms with Crippen molar-refractivity contribution >= 4 is 11.8 Å². The van der Waals surface area contributed by atoms with Crippen molar-refractivity contribution in [1.82, 2.24) is 4.98 Å². The van der Waals surface area contributed by atoms with Crippen LogP contribution in [0, 0.1) is 19.7 Å². The summed E-state index contributed by atoms with van der Waals surface area (Å²) in [5.41, 5.74) is 2.15. The molecule has 1 atom stereocenters. The number of aryl methyl sites for hydroxylation is 2. The minimum Gasteiger partial charge on any atom is -0.478 e. The molecule has 1 aromatic carbocycles. The predicted molar refractivity (Wildman–Crippen MR) is 79.1 cm³/mol. The number of aromatic nitrogens is 1. The first-order chi connectivity index (χ1) is 9.86. The molecule has 0 aliphatic heterocycles. The van der Waals surface area contributed by atoms with Crippen LogP contribution in [-0.4, -0.2) is 16.1 Å². The fraction of sp³-hybridized carbons (Fsp3) is 0.250. The van der Waals surface area contributed by atoms with E-state index < -0.39 is 5.97 Å². The smallest absolute Gasteiger partial charge is 0.335 e. The van der Waals surface area contributed by atoms with Crippen LogP contribution >= 0.6 is 0 Å². The summed E-state index contributed by atoms with van der Waals surface area (Å²) in [4.78, 5) is 15.3. The molecule has 0 saturated carbocycles. The van der Waals surface area contributed by atoms with Gasteiger partial charge in [0.2, 0.25) is 0 Å². The minimum absolute atomic E-state index is 0.173. The maximum absolute atomic E-state index is 13.6. The quantitative estimate of drug-likeness (QED) is 0.900. The van der Waals surface area contributed by atoms with Gasteiger partial charge in [-0.05, 0) is 50.1 Å². The van der Waals surface area contributed by atoms with Crippen molar-refractivity contribution in [1.29, 1.82) is 0 Å². The van der Waals surface area contributed by atoms with E-state index >= 15 is 0 Å². The summed E-state index contributed by atoms with van der Waals surface area (Å²) < 4.78 is 13.6. The number of hydrogen-bond donors (Lipinski definition) is 2. The lowest BCUT2D eigenvalue weighted by Crippen LogP contribution is -2.10. The summed E-state index contributed by atoms with van der Waals surface area (Å²) in [6, 6.07) is 7.82. The zero-order valence-corrected chi connectivity index (χ0v) is 12.1. The molecule has 0 spiro atoms. The second kappa shape index (κ2) is 5.91. The van der Waals surface area contributed by atoms with E-state index in [4.69, 9.17) is 5.11 Å². The Kier molecular flexibility index (Phi) is 4.21. The van der Waals surface area contributed by atoms with Crippen LogP contribution in [0.5, 0.6) is 0 Å². The zero-order valence-electron chi connectivity index (χ0n) is 12.1. The number of nitrogens with zero attached hydrogens (tertiary/aromatic N) is 1. The van der Waals surface area contributed by atoms with Crippen LogP contribution in [0.1, 0.15) is 40.1 Å².